The normalized spacial score (nSPS) is 14.4. The average Bonchev–Trinajstić information content (AvgIpc) is 3.35. The molecule has 1 saturated heterocycles. The zero-order valence-electron chi connectivity index (χ0n) is 17.7. The summed E-state index contributed by atoms with van der Waals surface area (Å²) in [4.78, 5) is 31.4. The van der Waals surface area contributed by atoms with Crippen LogP contribution >= 0.6 is 11.3 Å². The maximum Gasteiger partial charge on any atom is 0.186 e. The third-order valence-corrected chi connectivity index (χ3v) is 6.72. The van der Waals surface area contributed by atoms with Crippen molar-refractivity contribution in [3.63, 3.8) is 0 Å². The fourth-order valence-electron chi connectivity index (χ4n) is 3.61. The highest BCUT2D eigenvalue weighted by atomic mass is 32.1. The van der Waals surface area contributed by atoms with Gasteiger partial charge in [0.1, 0.15) is 5.82 Å². The maximum absolute atomic E-state index is 12.8. The highest BCUT2D eigenvalue weighted by molar-refractivity contribution is 7.17. The fourth-order valence-corrected chi connectivity index (χ4v) is 4.48. The van der Waals surface area contributed by atoms with Gasteiger partial charge in [-0.05, 0) is 25.7 Å². The van der Waals surface area contributed by atoms with Gasteiger partial charge in [-0.15, -0.1) is 0 Å². The molecule has 31 heavy (non-hydrogen) atoms. The van der Waals surface area contributed by atoms with Crippen LogP contribution < -0.4 is 4.90 Å². The molecule has 8 nitrogen and oxygen atoms in total. The van der Waals surface area contributed by atoms with Crippen LogP contribution in [0.25, 0.3) is 22.0 Å². The summed E-state index contributed by atoms with van der Waals surface area (Å²) < 4.78 is 1.77. The first-order chi connectivity index (χ1) is 15.0. The molecule has 5 rings (SSSR count). The second kappa shape index (κ2) is 7.82. The van der Waals surface area contributed by atoms with E-state index in [-0.39, 0.29) is 12.2 Å². The van der Waals surface area contributed by atoms with Crippen LogP contribution in [0.15, 0.2) is 43.0 Å². The molecule has 0 amide bonds. The van der Waals surface area contributed by atoms with Crippen LogP contribution in [0.5, 0.6) is 0 Å². The second-order valence-electron chi connectivity index (χ2n) is 8.09. The fraction of sp³-hybridized carbons (Fsp3) is 0.318. The van der Waals surface area contributed by atoms with Gasteiger partial charge in [-0.1, -0.05) is 23.5 Å². The van der Waals surface area contributed by atoms with E-state index < -0.39 is 0 Å². The number of thiazole rings is 1. The number of rotatable bonds is 6. The first-order valence-corrected chi connectivity index (χ1v) is 10.9. The first-order valence-electron chi connectivity index (χ1n) is 10.1. The summed E-state index contributed by atoms with van der Waals surface area (Å²) in [6, 6.07) is 6.58. The number of likely N-dealkylation sites (N-methyl/N-ethyl adjacent to an activating group) is 1. The molecule has 0 spiro atoms. The summed E-state index contributed by atoms with van der Waals surface area (Å²) in [7, 11) is 6.06. The Hall–Kier alpha value is -3.17. The zero-order chi connectivity index (χ0) is 21.5. The highest BCUT2D eigenvalue weighted by Gasteiger charge is 2.30. The molecule has 9 heteroatoms. The molecule has 3 aromatic heterocycles. The minimum absolute atomic E-state index is 0.00352. The lowest BCUT2D eigenvalue weighted by Gasteiger charge is -2.42. The van der Waals surface area contributed by atoms with Crippen LogP contribution in [0.2, 0.25) is 0 Å². The Morgan fingerprint density at radius 3 is 2.74 bits per heavy atom. The summed E-state index contributed by atoms with van der Waals surface area (Å²) >= 11 is 1.45. The van der Waals surface area contributed by atoms with Gasteiger partial charge in [-0.3, -0.25) is 9.48 Å². The van der Waals surface area contributed by atoms with Crippen LogP contribution in [0.4, 0.5) is 5.13 Å². The maximum atomic E-state index is 12.8. The Morgan fingerprint density at radius 1 is 1.16 bits per heavy atom. The van der Waals surface area contributed by atoms with E-state index >= 15 is 0 Å². The van der Waals surface area contributed by atoms with E-state index in [4.69, 9.17) is 0 Å². The van der Waals surface area contributed by atoms with Crippen molar-refractivity contribution >= 4 is 33.2 Å². The van der Waals surface area contributed by atoms with Crippen molar-refractivity contribution in [2.45, 2.75) is 12.5 Å². The van der Waals surface area contributed by atoms with Gasteiger partial charge in [-0.2, -0.15) is 5.10 Å². The standard InChI is InChI=1S/C22H23N7OS/c1-27(2)17-12-29(13-17)22-24-10-20(31-22)19(30)7-21-23-8-15-5-4-14(6-18(15)26-21)16-9-25-28(3)11-16/h4-6,8-11,17H,7,12-13H2,1-3H3. The van der Waals surface area contributed by atoms with Gasteiger partial charge >= 0.3 is 0 Å². The summed E-state index contributed by atoms with van der Waals surface area (Å²) in [5.74, 6) is 0.517. The van der Waals surface area contributed by atoms with Crippen LogP contribution in [-0.4, -0.2) is 68.6 Å². The number of carbonyl (C=O) groups is 1. The SMILES string of the molecule is CN(C)C1CN(c2ncc(C(=O)Cc3ncc4ccc(-c5cnn(C)c5)cc4n3)s2)C1. The predicted molar refractivity (Wildman–Crippen MR) is 122 cm³/mol. The predicted octanol–water partition coefficient (Wildman–Crippen LogP) is 2.66. The molecule has 0 N–H and O–H groups in total. The number of ketones is 1. The van der Waals surface area contributed by atoms with Crippen molar-refractivity contribution in [2.75, 3.05) is 32.1 Å². The number of hydrogen-bond donors (Lipinski definition) is 0. The molecule has 158 valence electrons. The number of carbonyl (C=O) groups excluding carboxylic acids is 1. The smallest absolute Gasteiger partial charge is 0.186 e. The molecule has 4 aromatic rings. The van der Waals surface area contributed by atoms with Crippen molar-refractivity contribution in [2.24, 2.45) is 7.05 Å². The Labute approximate surface area is 184 Å². The van der Waals surface area contributed by atoms with Crippen LogP contribution in [0, 0.1) is 0 Å². The number of benzene rings is 1. The van der Waals surface area contributed by atoms with Gasteiger partial charge < -0.3 is 9.80 Å². The molecule has 0 saturated carbocycles. The van der Waals surface area contributed by atoms with Gasteiger partial charge in [0.05, 0.1) is 29.2 Å². The van der Waals surface area contributed by atoms with E-state index in [1.807, 2.05) is 37.6 Å². The van der Waals surface area contributed by atoms with Crippen molar-refractivity contribution in [1.29, 1.82) is 0 Å². The Kier molecular flexibility index (Phi) is 4.99. The monoisotopic (exact) mass is 433 g/mol. The quantitative estimate of drug-likeness (QED) is 0.433. The van der Waals surface area contributed by atoms with E-state index in [1.165, 1.54) is 11.3 Å². The van der Waals surface area contributed by atoms with Gasteiger partial charge in [0, 0.05) is 49.5 Å². The lowest BCUT2D eigenvalue weighted by molar-refractivity contribution is 0.0994. The summed E-state index contributed by atoms with van der Waals surface area (Å²) in [6.45, 7) is 1.89. The van der Waals surface area contributed by atoms with Crippen LogP contribution in [0.1, 0.15) is 15.5 Å². The molecule has 0 unspecified atom stereocenters. The van der Waals surface area contributed by atoms with Crippen molar-refractivity contribution < 1.29 is 4.79 Å². The molecule has 0 bridgehead atoms. The lowest BCUT2D eigenvalue weighted by atomic mass is 10.1. The third kappa shape index (κ3) is 3.94. The number of aryl methyl sites for hydroxylation is 1. The summed E-state index contributed by atoms with van der Waals surface area (Å²) in [5.41, 5.74) is 2.88. The minimum atomic E-state index is -0.00352. The van der Waals surface area contributed by atoms with Gasteiger partial charge in [-0.25, -0.2) is 15.0 Å². The number of aromatic nitrogens is 5. The highest BCUT2D eigenvalue weighted by Crippen LogP contribution is 2.28. The van der Waals surface area contributed by atoms with Gasteiger partial charge in [0.15, 0.2) is 10.9 Å². The van der Waals surface area contributed by atoms with E-state index in [0.717, 1.165) is 40.3 Å². The molecule has 1 aromatic carbocycles. The third-order valence-electron chi connectivity index (χ3n) is 5.62. The largest absolute Gasteiger partial charge is 0.345 e. The molecule has 1 aliphatic heterocycles. The number of Topliss-reactive ketones (excluding diaryl/α,β-unsaturated/α-hetero) is 1. The topological polar surface area (TPSA) is 80.0 Å². The number of anilines is 1. The molecule has 1 fully saturated rings. The molecule has 4 heterocycles. The van der Waals surface area contributed by atoms with Crippen LogP contribution in [-0.2, 0) is 13.5 Å². The van der Waals surface area contributed by atoms with Gasteiger partial charge in [0.25, 0.3) is 0 Å². The summed E-state index contributed by atoms with van der Waals surface area (Å²) in [6.07, 6.45) is 7.40. The van der Waals surface area contributed by atoms with E-state index in [9.17, 15) is 4.79 Å². The zero-order valence-corrected chi connectivity index (χ0v) is 18.5. The van der Waals surface area contributed by atoms with Crippen molar-refractivity contribution in [3.05, 3.63) is 53.7 Å². The Balaban J connectivity index is 1.31. The molecule has 0 aliphatic carbocycles. The van der Waals surface area contributed by atoms with E-state index in [0.29, 0.717) is 16.7 Å². The number of nitrogens with zero attached hydrogens (tertiary/aromatic N) is 7. The van der Waals surface area contributed by atoms with Crippen LogP contribution in [0.3, 0.4) is 0 Å². The number of hydrogen-bond acceptors (Lipinski definition) is 8. The lowest BCUT2D eigenvalue weighted by Crippen LogP contribution is -2.57. The van der Waals surface area contributed by atoms with Crippen molar-refractivity contribution in [3.8, 4) is 11.1 Å². The molecular weight excluding hydrogens is 410 g/mol. The average molecular weight is 434 g/mol. The minimum Gasteiger partial charge on any atom is -0.345 e. The molecule has 0 radical (unpaired) electrons. The number of fused-ring (bicyclic) bond motifs is 1. The Morgan fingerprint density at radius 2 is 2.00 bits per heavy atom. The van der Waals surface area contributed by atoms with E-state index in [2.05, 4.69) is 43.9 Å². The molecule has 1 aliphatic rings. The van der Waals surface area contributed by atoms with E-state index in [1.54, 1.807) is 17.1 Å². The Bertz CT molecular complexity index is 1260. The van der Waals surface area contributed by atoms with Gasteiger partial charge in [0.2, 0.25) is 0 Å². The molecule has 0 atom stereocenters. The van der Waals surface area contributed by atoms with Crippen molar-refractivity contribution in [1.82, 2.24) is 29.6 Å². The summed E-state index contributed by atoms with van der Waals surface area (Å²) in [5, 5.41) is 6.08. The first kappa shape index (κ1) is 19.8. The molecular formula is C22H23N7OS. The second-order valence-corrected chi connectivity index (χ2v) is 9.10.